The lowest BCUT2D eigenvalue weighted by molar-refractivity contribution is 0.0600. The summed E-state index contributed by atoms with van der Waals surface area (Å²) >= 11 is 7.78. The molecule has 0 saturated carbocycles. The Labute approximate surface area is 154 Å². The van der Waals surface area contributed by atoms with Crippen molar-refractivity contribution in [1.29, 1.82) is 0 Å². The molecule has 0 spiro atoms. The Kier molecular flexibility index (Phi) is 5.73. The summed E-state index contributed by atoms with van der Waals surface area (Å²) in [5, 5.41) is 4.57. The summed E-state index contributed by atoms with van der Waals surface area (Å²) in [4.78, 5) is 15.8. The van der Waals surface area contributed by atoms with E-state index in [4.69, 9.17) is 16.1 Å². The standard InChI is InChI=1S/C18H15ClN2O3S/c1-23-18(22)13-8-6-12(7-9-13)10-25-11-16-20-17(21-24-16)14-4-2-3-5-15(14)19/h2-9H,10-11H2,1H3. The molecule has 0 bridgehead atoms. The minimum absolute atomic E-state index is 0.336. The molecule has 0 atom stereocenters. The van der Waals surface area contributed by atoms with Crippen molar-refractivity contribution in [3.8, 4) is 11.4 Å². The highest BCUT2D eigenvalue weighted by Crippen LogP contribution is 2.26. The van der Waals surface area contributed by atoms with Crippen LogP contribution in [0.4, 0.5) is 0 Å². The molecule has 0 aliphatic rings. The van der Waals surface area contributed by atoms with E-state index < -0.39 is 0 Å². The highest BCUT2D eigenvalue weighted by Gasteiger charge is 2.11. The van der Waals surface area contributed by atoms with Crippen LogP contribution in [0.15, 0.2) is 53.1 Å². The van der Waals surface area contributed by atoms with E-state index >= 15 is 0 Å². The van der Waals surface area contributed by atoms with Gasteiger partial charge in [0.25, 0.3) is 0 Å². The predicted molar refractivity (Wildman–Crippen MR) is 97.5 cm³/mol. The molecule has 1 heterocycles. The summed E-state index contributed by atoms with van der Waals surface area (Å²) in [5.41, 5.74) is 2.39. The van der Waals surface area contributed by atoms with E-state index in [-0.39, 0.29) is 5.97 Å². The molecule has 0 radical (unpaired) electrons. The number of ether oxygens (including phenoxy) is 1. The number of carbonyl (C=O) groups excluding carboxylic acids is 1. The van der Waals surface area contributed by atoms with E-state index in [1.54, 1.807) is 30.0 Å². The van der Waals surface area contributed by atoms with E-state index in [9.17, 15) is 4.79 Å². The van der Waals surface area contributed by atoms with Gasteiger partial charge in [0.1, 0.15) is 0 Å². The van der Waals surface area contributed by atoms with Gasteiger partial charge >= 0.3 is 5.97 Å². The van der Waals surface area contributed by atoms with Gasteiger partial charge in [-0.25, -0.2) is 4.79 Å². The van der Waals surface area contributed by atoms with Crippen molar-refractivity contribution in [3.63, 3.8) is 0 Å². The van der Waals surface area contributed by atoms with E-state index in [0.29, 0.717) is 28.1 Å². The molecule has 0 saturated heterocycles. The van der Waals surface area contributed by atoms with Gasteiger partial charge in [-0.15, -0.1) is 11.8 Å². The summed E-state index contributed by atoms with van der Waals surface area (Å²) in [6.45, 7) is 0. The molecule has 0 aliphatic carbocycles. The predicted octanol–water partition coefficient (Wildman–Crippen LogP) is 4.61. The van der Waals surface area contributed by atoms with Gasteiger partial charge in [-0.1, -0.05) is 41.0 Å². The highest BCUT2D eigenvalue weighted by atomic mass is 35.5. The molecule has 3 rings (SSSR count). The third-order valence-corrected chi connectivity index (χ3v) is 4.77. The van der Waals surface area contributed by atoms with Gasteiger partial charge in [0.05, 0.1) is 23.4 Å². The number of aromatic nitrogens is 2. The fourth-order valence-corrected chi connectivity index (χ4v) is 3.22. The van der Waals surface area contributed by atoms with Gasteiger partial charge in [-0.2, -0.15) is 4.98 Å². The Morgan fingerprint density at radius 3 is 2.64 bits per heavy atom. The Hall–Kier alpha value is -2.31. The van der Waals surface area contributed by atoms with E-state index in [1.165, 1.54) is 7.11 Å². The quantitative estimate of drug-likeness (QED) is 0.587. The Balaban J connectivity index is 1.56. The van der Waals surface area contributed by atoms with Crippen LogP contribution < -0.4 is 0 Å². The van der Waals surface area contributed by atoms with Crippen molar-refractivity contribution in [2.45, 2.75) is 11.5 Å². The highest BCUT2D eigenvalue weighted by molar-refractivity contribution is 7.97. The summed E-state index contributed by atoms with van der Waals surface area (Å²) in [6.07, 6.45) is 0. The van der Waals surface area contributed by atoms with Crippen molar-refractivity contribution in [2.24, 2.45) is 0 Å². The molecule has 0 N–H and O–H groups in total. The topological polar surface area (TPSA) is 65.2 Å². The van der Waals surface area contributed by atoms with Crippen LogP contribution in [0, 0.1) is 0 Å². The van der Waals surface area contributed by atoms with Crippen LogP contribution in [-0.4, -0.2) is 23.2 Å². The zero-order chi connectivity index (χ0) is 17.6. The number of thioether (sulfide) groups is 1. The van der Waals surface area contributed by atoms with Crippen LogP contribution >= 0.6 is 23.4 Å². The Morgan fingerprint density at radius 1 is 1.16 bits per heavy atom. The van der Waals surface area contributed by atoms with Crippen LogP contribution in [0.5, 0.6) is 0 Å². The minimum atomic E-state index is -0.336. The minimum Gasteiger partial charge on any atom is -0.465 e. The molecule has 0 unspecified atom stereocenters. The maximum atomic E-state index is 11.4. The Morgan fingerprint density at radius 2 is 1.92 bits per heavy atom. The number of hydrogen-bond donors (Lipinski definition) is 0. The second-order valence-corrected chi connectivity index (χ2v) is 6.57. The number of benzene rings is 2. The Bertz CT molecular complexity index is 865. The average molecular weight is 375 g/mol. The molecule has 0 fully saturated rings. The molecule has 2 aromatic carbocycles. The van der Waals surface area contributed by atoms with Crippen molar-refractivity contribution in [3.05, 3.63) is 70.6 Å². The molecule has 1 aromatic heterocycles. The number of rotatable bonds is 6. The van der Waals surface area contributed by atoms with E-state index in [1.807, 2.05) is 30.3 Å². The third-order valence-electron chi connectivity index (χ3n) is 3.45. The summed E-state index contributed by atoms with van der Waals surface area (Å²) < 4.78 is 9.96. The number of methoxy groups -OCH3 is 1. The third kappa shape index (κ3) is 4.41. The average Bonchev–Trinajstić information content (AvgIpc) is 3.10. The fraction of sp³-hybridized carbons (Fsp3) is 0.167. The molecule has 5 nitrogen and oxygen atoms in total. The van der Waals surface area contributed by atoms with Crippen LogP contribution in [0.2, 0.25) is 5.02 Å². The smallest absolute Gasteiger partial charge is 0.337 e. The molecule has 25 heavy (non-hydrogen) atoms. The summed E-state index contributed by atoms with van der Waals surface area (Å²) in [5.74, 6) is 2.06. The molecule has 3 aromatic rings. The first-order chi connectivity index (χ1) is 12.2. The maximum Gasteiger partial charge on any atom is 0.337 e. The SMILES string of the molecule is COC(=O)c1ccc(CSCc2nc(-c3ccccc3Cl)no2)cc1. The zero-order valence-electron chi connectivity index (χ0n) is 13.4. The molecular weight excluding hydrogens is 360 g/mol. The van der Waals surface area contributed by atoms with Gasteiger partial charge in [-0.05, 0) is 29.8 Å². The van der Waals surface area contributed by atoms with Gasteiger partial charge < -0.3 is 9.26 Å². The molecule has 7 heteroatoms. The first-order valence-electron chi connectivity index (χ1n) is 7.50. The zero-order valence-corrected chi connectivity index (χ0v) is 15.0. The van der Waals surface area contributed by atoms with E-state index in [0.717, 1.165) is 16.9 Å². The van der Waals surface area contributed by atoms with Gasteiger partial charge in [0.15, 0.2) is 0 Å². The lowest BCUT2D eigenvalue weighted by Crippen LogP contribution is -2.00. The fourth-order valence-electron chi connectivity index (χ4n) is 2.18. The summed E-state index contributed by atoms with van der Waals surface area (Å²) in [6, 6.07) is 14.7. The van der Waals surface area contributed by atoms with Crippen LogP contribution in [-0.2, 0) is 16.2 Å². The molecule has 0 aliphatic heterocycles. The van der Waals surface area contributed by atoms with Gasteiger partial charge in [0.2, 0.25) is 11.7 Å². The normalized spacial score (nSPS) is 10.6. The maximum absolute atomic E-state index is 11.4. The van der Waals surface area contributed by atoms with Gasteiger partial charge in [0, 0.05) is 11.3 Å². The number of carbonyl (C=O) groups is 1. The lowest BCUT2D eigenvalue weighted by atomic mass is 10.1. The largest absolute Gasteiger partial charge is 0.465 e. The van der Waals surface area contributed by atoms with Crippen LogP contribution in [0.25, 0.3) is 11.4 Å². The molecule has 0 amide bonds. The first kappa shape index (κ1) is 17.5. The van der Waals surface area contributed by atoms with Gasteiger partial charge in [-0.3, -0.25) is 0 Å². The van der Waals surface area contributed by atoms with Crippen LogP contribution in [0.1, 0.15) is 21.8 Å². The second kappa shape index (κ2) is 8.18. The van der Waals surface area contributed by atoms with Crippen molar-refractivity contribution in [2.75, 3.05) is 7.11 Å². The van der Waals surface area contributed by atoms with Crippen molar-refractivity contribution < 1.29 is 14.1 Å². The van der Waals surface area contributed by atoms with Crippen molar-refractivity contribution in [1.82, 2.24) is 10.1 Å². The van der Waals surface area contributed by atoms with E-state index in [2.05, 4.69) is 14.9 Å². The second-order valence-electron chi connectivity index (χ2n) is 5.17. The van der Waals surface area contributed by atoms with Crippen LogP contribution in [0.3, 0.4) is 0 Å². The molecule has 128 valence electrons. The monoisotopic (exact) mass is 374 g/mol. The summed E-state index contributed by atoms with van der Waals surface area (Å²) in [7, 11) is 1.37. The molecular formula is C18H15ClN2O3S. The lowest BCUT2D eigenvalue weighted by Gasteiger charge is -2.02. The number of halogens is 1. The number of hydrogen-bond acceptors (Lipinski definition) is 6. The number of esters is 1. The van der Waals surface area contributed by atoms with Crippen molar-refractivity contribution >= 4 is 29.3 Å². The first-order valence-corrected chi connectivity index (χ1v) is 9.03. The number of nitrogens with zero attached hydrogens (tertiary/aromatic N) is 2.